The highest BCUT2D eigenvalue weighted by Crippen LogP contribution is 2.38. The van der Waals surface area contributed by atoms with Crippen molar-refractivity contribution in [1.82, 2.24) is 4.90 Å². The highest BCUT2D eigenvalue weighted by Gasteiger charge is 2.41. The van der Waals surface area contributed by atoms with Crippen molar-refractivity contribution in [2.45, 2.75) is 25.4 Å². The van der Waals surface area contributed by atoms with Crippen LogP contribution in [0.15, 0.2) is 12.1 Å². The molecule has 0 aromatic heterocycles. The van der Waals surface area contributed by atoms with E-state index in [2.05, 4.69) is 4.90 Å². The summed E-state index contributed by atoms with van der Waals surface area (Å²) in [6, 6.07) is 3.09. The molecule has 3 unspecified atom stereocenters. The molecular weight excluding hydrogens is 397 g/mol. The van der Waals surface area contributed by atoms with Gasteiger partial charge in [-0.1, -0.05) is 0 Å². The summed E-state index contributed by atoms with van der Waals surface area (Å²) >= 11 is 1.90. The predicted molar refractivity (Wildman–Crippen MR) is 85.8 cm³/mol. The van der Waals surface area contributed by atoms with Crippen LogP contribution in [0.25, 0.3) is 0 Å². The van der Waals surface area contributed by atoms with Gasteiger partial charge in [0.2, 0.25) is 0 Å². The average molecular weight is 415 g/mol. The Morgan fingerprint density at radius 2 is 2.00 bits per heavy atom. The molecule has 2 fully saturated rings. The van der Waals surface area contributed by atoms with Gasteiger partial charge in [-0.05, 0) is 59.4 Å². The van der Waals surface area contributed by atoms with E-state index in [9.17, 15) is 8.78 Å². The molecule has 1 aromatic carbocycles. The number of benzene rings is 1. The Balaban J connectivity index is 0.00000147. The minimum atomic E-state index is -0.445. The zero-order valence-corrected chi connectivity index (χ0v) is 14.0. The Labute approximate surface area is 137 Å². The fraction of sp³-hybridized carbons (Fsp3) is 0.571. The molecular formula is C14H18ClF2IN2. The summed E-state index contributed by atoms with van der Waals surface area (Å²) in [5, 5.41) is 0. The summed E-state index contributed by atoms with van der Waals surface area (Å²) in [5.74, 6) is 0.263. The molecule has 0 amide bonds. The molecule has 1 aliphatic heterocycles. The van der Waals surface area contributed by atoms with Crippen LogP contribution in [0.4, 0.5) is 8.78 Å². The minimum absolute atomic E-state index is 0. The van der Waals surface area contributed by atoms with Crippen LogP contribution in [0.3, 0.4) is 0 Å². The number of hydrogen-bond donors (Lipinski definition) is 1. The van der Waals surface area contributed by atoms with Gasteiger partial charge in [-0.2, -0.15) is 0 Å². The lowest BCUT2D eigenvalue weighted by Gasteiger charge is -2.19. The predicted octanol–water partition coefficient (Wildman–Crippen LogP) is 3.16. The standard InChI is InChI=1S/C14H17F2IN2.ClH/c15-11-2-3-12(17)14(16)10(11)7-19-5-8-1-4-13(18)9(8)6-19;/h2-3,8-9,13H,1,4-7,18H2;1H. The van der Waals surface area contributed by atoms with Gasteiger partial charge in [0.25, 0.3) is 0 Å². The highest BCUT2D eigenvalue weighted by atomic mass is 127. The van der Waals surface area contributed by atoms with Crippen LogP contribution >= 0.6 is 35.0 Å². The van der Waals surface area contributed by atoms with Crippen LogP contribution in [-0.4, -0.2) is 24.0 Å². The zero-order valence-electron chi connectivity index (χ0n) is 11.0. The number of likely N-dealkylation sites (tertiary alicyclic amines) is 1. The summed E-state index contributed by atoms with van der Waals surface area (Å²) in [6.45, 7) is 2.15. The summed E-state index contributed by atoms with van der Waals surface area (Å²) < 4.78 is 28.2. The van der Waals surface area contributed by atoms with E-state index in [1.54, 1.807) is 0 Å². The molecule has 112 valence electrons. The smallest absolute Gasteiger partial charge is 0.143 e. The molecule has 20 heavy (non-hydrogen) atoms. The van der Waals surface area contributed by atoms with Crippen LogP contribution in [0, 0.1) is 27.0 Å². The lowest BCUT2D eigenvalue weighted by atomic mass is 9.98. The molecule has 1 aromatic rings. The van der Waals surface area contributed by atoms with Crippen molar-refractivity contribution in [2.24, 2.45) is 17.6 Å². The van der Waals surface area contributed by atoms with Gasteiger partial charge in [0.1, 0.15) is 11.6 Å². The third kappa shape index (κ3) is 2.96. The van der Waals surface area contributed by atoms with E-state index in [0.717, 1.165) is 25.9 Å². The van der Waals surface area contributed by atoms with E-state index in [-0.39, 0.29) is 24.0 Å². The van der Waals surface area contributed by atoms with E-state index < -0.39 is 11.6 Å². The number of halogens is 4. The van der Waals surface area contributed by atoms with Gasteiger partial charge < -0.3 is 5.73 Å². The van der Waals surface area contributed by atoms with Crippen molar-refractivity contribution in [3.63, 3.8) is 0 Å². The molecule has 3 rings (SSSR count). The third-order valence-electron chi connectivity index (χ3n) is 4.51. The first-order valence-corrected chi connectivity index (χ1v) is 7.74. The van der Waals surface area contributed by atoms with E-state index in [0.29, 0.717) is 22.0 Å². The summed E-state index contributed by atoms with van der Waals surface area (Å²) in [4.78, 5) is 2.14. The quantitative estimate of drug-likeness (QED) is 0.595. The van der Waals surface area contributed by atoms with Crippen LogP contribution < -0.4 is 5.73 Å². The maximum Gasteiger partial charge on any atom is 0.143 e. The molecule has 0 bridgehead atoms. The second-order valence-electron chi connectivity index (χ2n) is 5.68. The lowest BCUT2D eigenvalue weighted by molar-refractivity contribution is 0.288. The normalized spacial score (nSPS) is 29.3. The van der Waals surface area contributed by atoms with Gasteiger partial charge >= 0.3 is 0 Å². The SMILES string of the molecule is Cl.NC1CCC2CN(Cc3c(F)ccc(I)c3F)CC12. The van der Waals surface area contributed by atoms with E-state index in [1.165, 1.54) is 12.1 Å². The van der Waals surface area contributed by atoms with E-state index in [4.69, 9.17) is 5.73 Å². The first kappa shape index (κ1) is 16.4. The molecule has 3 atom stereocenters. The molecule has 2 aliphatic rings. The second-order valence-corrected chi connectivity index (χ2v) is 6.84. The fourth-order valence-electron chi connectivity index (χ4n) is 3.47. The van der Waals surface area contributed by atoms with E-state index >= 15 is 0 Å². The van der Waals surface area contributed by atoms with Crippen LogP contribution in [-0.2, 0) is 6.54 Å². The molecule has 1 saturated heterocycles. The Morgan fingerprint density at radius 1 is 1.25 bits per heavy atom. The topological polar surface area (TPSA) is 29.3 Å². The first-order chi connectivity index (χ1) is 9.06. The summed E-state index contributed by atoms with van der Waals surface area (Å²) in [5.41, 5.74) is 6.28. The molecule has 0 radical (unpaired) electrons. The van der Waals surface area contributed by atoms with E-state index in [1.807, 2.05) is 22.6 Å². The van der Waals surface area contributed by atoms with Crippen LogP contribution in [0.5, 0.6) is 0 Å². The second kappa shape index (κ2) is 6.42. The fourth-order valence-corrected chi connectivity index (χ4v) is 3.97. The van der Waals surface area contributed by atoms with Crippen LogP contribution in [0.2, 0.25) is 0 Å². The zero-order chi connectivity index (χ0) is 13.6. The van der Waals surface area contributed by atoms with Gasteiger partial charge in [-0.3, -0.25) is 4.90 Å². The van der Waals surface area contributed by atoms with Crippen molar-refractivity contribution >= 4 is 35.0 Å². The minimum Gasteiger partial charge on any atom is -0.327 e. The molecule has 6 heteroatoms. The summed E-state index contributed by atoms with van der Waals surface area (Å²) in [6.07, 6.45) is 2.24. The van der Waals surface area contributed by atoms with Crippen molar-refractivity contribution in [1.29, 1.82) is 0 Å². The highest BCUT2D eigenvalue weighted by molar-refractivity contribution is 14.1. The Kier molecular flexibility index (Phi) is 5.26. The third-order valence-corrected chi connectivity index (χ3v) is 5.34. The molecule has 2 nitrogen and oxygen atoms in total. The molecule has 1 saturated carbocycles. The first-order valence-electron chi connectivity index (χ1n) is 6.66. The average Bonchev–Trinajstić information content (AvgIpc) is 2.92. The number of nitrogens with zero attached hydrogens (tertiary/aromatic N) is 1. The van der Waals surface area contributed by atoms with Gasteiger partial charge in [0.15, 0.2) is 0 Å². The van der Waals surface area contributed by atoms with Crippen LogP contribution in [0.1, 0.15) is 18.4 Å². The van der Waals surface area contributed by atoms with Crippen molar-refractivity contribution in [3.8, 4) is 0 Å². The molecule has 1 aliphatic carbocycles. The summed E-state index contributed by atoms with van der Waals surface area (Å²) in [7, 11) is 0. The largest absolute Gasteiger partial charge is 0.327 e. The van der Waals surface area contributed by atoms with Crippen molar-refractivity contribution in [3.05, 3.63) is 32.9 Å². The van der Waals surface area contributed by atoms with Gasteiger partial charge in [-0.15, -0.1) is 12.4 Å². The molecule has 0 spiro atoms. The molecule has 1 heterocycles. The molecule has 2 N–H and O–H groups in total. The lowest BCUT2D eigenvalue weighted by Crippen LogP contribution is -2.30. The van der Waals surface area contributed by atoms with Crippen molar-refractivity contribution < 1.29 is 8.78 Å². The monoisotopic (exact) mass is 414 g/mol. The maximum atomic E-state index is 14.0. The van der Waals surface area contributed by atoms with Gasteiger partial charge in [0, 0.05) is 34.8 Å². The number of nitrogens with two attached hydrogens (primary N) is 1. The Morgan fingerprint density at radius 3 is 2.70 bits per heavy atom. The van der Waals surface area contributed by atoms with Gasteiger partial charge in [0.05, 0.1) is 0 Å². The number of hydrogen-bond acceptors (Lipinski definition) is 2. The number of rotatable bonds is 2. The Hall–Kier alpha value is 0.0200. The number of fused-ring (bicyclic) bond motifs is 1. The van der Waals surface area contributed by atoms with Gasteiger partial charge in [-0.25, -0.2) is 8.78 Å². The Bertz CT molecular complexity index is 500. The van der Waals surface area contributed by atoms with Crippen molar-refractivity contribution in [2.75, 3.05) is 13.1 Å². The maximum absolute atomic E-state index is 14.0.